The van der Waals surface area contributed by atoms with Crippen LogP contribution in [-0.2, 0) is 0 Å². The second-order valence-electron chi connectivity index (χ2n) is 4.02. The predicted molar refractivity (Wildman–Crippen MR) is 55.1 cm³/mol. The number of likely N-dealkylation sites (tertiary alicyclic amines) is 1. The highest BCUT2D eigenvalue weighted by molar-refractivity contribution is 5.78. The zero-order valence-electron chi connectivity index (χ0n) is 8.58. The van der Waals surface area contributed by atoms with Crippen molar-refractivity contribution in [1.29, 1.82) is 5.41 Å². The van der Waals surface area contributed by atoms with E-state index >= 15 is 0 Å². The van der Waals surface area contributed by atoms with Crippen LogP contribution in [0.25, 0.3) is 0 Å². The Kier molecular flexibility index (Phi) is 3.69. The molecule has 1 fully saturated rings. The van der Waals surface area contributed by atoms with Crippen LogP contribution in [0, 0.1) is 5.41 Å². The third-order valence-electron chi connectivity index (χ3n) is 2.60. The average molecular weight is 184 g/mol. The van der Waals surface area contributed by atoms with Gasteiger partial charge in [0.15, 0.2) is 0 Å². The summed E-state index contributed by atoms with van der Waals surface area (Å²) in [6.45, 7) is 2.76. The van der Waals surface area contributed by atoms with Gasteiger partial charge in [-0.25, -0.2) is 0 Å². The first-order chi connectivity index (χ1) is 6.09. The van der Waals surface area contributed by atoms with Crippen molar-refractivity contribution in [3.05, 3.63) is 0 Å². The summed E-state index contributed by atoms with van der Waals surface area (Å²) >= 11 is 0. The summed E-state index contributed by atoms with van der Waals surface area (Å²) in [5.41, 5.74) is 5.37. The van der Waals surface area contributed by atoms with Crippen molar-refractivity contribution in [3.8, 4) is 0 Å². The molecule has 1 rings (SSSR count). The quantitative estimate of drug-likeness (QED) is 0.477. The highest BCUT2D eigenvalue weighted by Gasteiger charge is 2.21. The highest BCUT2D eigenvalue weighted by atomic mass is 15.2. The summed E-state index contributed by atoms with van der Waals surface area (Å²) in [7, 11) is 4.23. The number of nitrogens with two attached hydrogens (primary N) is 1. The SMILES string of the molecule is CN(C)C1CCCN(CC(=N)N)C1. The topological polar surface area (TPSA) is 56.4 Å². The number of likely N-dealkylation sites (N-methyl/N-ethyl adjacent to an activating group) is 1. The van der Waals surface area contributed by atoms with Gasteiger partial charge in [0.25, 0.3) is 0 Å². The zero-order valence-corrected chi connectivity index (χ0v) is 8.58. The fourth-order valence-electron chi connectivity index (χ4n) is 1.84. The van der Waals surface area contributed by atoms with Gasteiger partial charge in [-0.15, -0.1) is 0 Å². The van der Waals surface area contributed by atoms with Gasteiger partial charge < -0.3 is 10.6 Å². The minimum Gasteiger partial charge on any atom is -0.387 e. The third kappa shape index (κ3) is 3.32. The molecule has 4 nitrogen and oxygen atoms in total. The summed E-state index contributed by atoms with van der Waals surface area (Å²) in [6, 6.07) is 0.632. The van der Waals surface area contributed by atoms with E-state index in [0.717, 1.165) is 13.1 Å². The Morgan fingerprint density at radius 3 is 2.85 bits per heavy atom. The molecule has 1 atom stereocenters. The molecule has 1 heterocycles. The summed E-state index contributed by atoms with van der Waals surface area (Å²) < 4.78 is 0. The van der Waals surface area contributed by atoms with E-state index in [1.54, 1.807) is 0 Å². The van der Waals surface area contributed by atoms with Crippen LogP contribution in [0.5, 0.6) is 0 Å². The maximum absolute atomic E-state index is 7.23. The maximum atomic E-state index is 7.23. The Hall–Kier alpha value is -0.610. The molecule has 1 unspecified atom stereocenters. The van der Waals surface area contributed by atoms with Crippen LogP contribution in [0.3, 0.4) is 0 Å². The molecule has 0 radical (unpaired) electrons. The van der Waals surface area contributed by atoms with Crippen molar-refractivity contribution in [2.75, 3.05) is 33.7 Å². The molecule has 0 aliphatic carbocycles. The van der Waals surface area contributed by atoms with Gasteiger partial charge in [0, 0.05) is 12.6 Å². The van der Waals surface area contributed by atoms with Crippen molar-refractivity contribution in [3.63, 3.8) is 0 Å². The fraction of sp³-hybridized carbons (Fsp3) is 0.889. The Morgan fingerprint density at radius 2 is 2.31 bits per heavy atom. The Bertz CT molecular complexity index is 178. The van der Waals surface area contributed by atoms with Gasteiger partial charge in [-0.2, -0.15) is 0 Å². The smallest absolute Gasteiger partial charge is 0.105 e. The second-order valence-corrected chi connectivity index (χ2v) is 4.02. The van der Waals surface area contributed by atoms with E-state index in [-0.39, 0.29) is 5.84 Å². The lowest BCUT2D eigenvalue weighted by Gasteiger charge is -2.35. The van der Waals surface area contributed by atoms with E-state index in [4.69, 9.17) is 11.1 Å². The van der Waals surface area contributed by atoms with Crippen LogP contribution in [0.2, 0.25) is 0 Å². The molecule has 4 heteroatoms. The number of hydrogen-bond acceptors (Lipinski definition) is 3. The minimum atomic E-state index is 0.277. The number of hydrogen-bond donors (Lipinski definition) is 2. The van der Waals surface area contributed by atoms with Crippen molar-refractivity contribution in [2.45, 2.75) is 18.9 Å². The van der Waals surface area contributed by atoms with E-state index in [1.165, 1.54) is 12.8 Å². The molecule has 1 saturated heterocycles. The molecule has 3 N–H and O–H groups in total. The maximum Gasteiger partial charge on any atom is 0.105 e. The van der Waals surface area contributed by atoms with Crippen LogP contribution in [0.4, 0.5) is 0 Å². The van der Waals surface area contributed by atoms with E-state index in [9.17, 15) is 0 Å². The van der Waals surface area contributed by atoms with Crippen LogP contribution in [0.1, 0.15) is 12.8 Å². The first-order valence-corrected chi connectivity index (χ1v) is 4.81. The summed E-state index contributed by atoms with van der Waals surface area (Å²) in [6.07, 6.45) is 2.48. The van der Waals surface area contributed by atoms with Crippen molar-refractivity contribution in [2.24, 2.45) is 5.73 Å². The highest BCUT2D eigenvalue weighted by Crippen LogP contribution is 2.12. The van der Waals surface area contributed by atoms with Crippen LogP contribution in [0.15, 0.2) is 0 Å². The summed E-state index contributed by atoms with van der Waals surface area (Å²) in [4.78, 5) is 4.52. The van der Waals surface area contributed by atoms with Gasteiger partial charge in [0.2, 0.25) is 0 Å². The third-order valence-corrected chi connectivity index (χ3v) is 2.60. The molecule has 0 aromatic heterocycles. The minimum absolute atomic E-state index is 0.277. The molecule has 13 heavy (non-hydrogen) atoms. The number of nitrogens with one attached hydrogen (secondary N) is 1. The Balaban J connectivity index is 2.37. The van der Waals surface area contributed by atoms with Crippen molar-refractivity contribution in [1.82, 2.24) is 9.80 Å². The molecule has 1 aliphatic heterocycles. The predicted octanol–water partition coefficient (Wildman–Crippen LogP) is -0.0516. The van der Waals surface area contributed by atoms with E-state index in [1.807, 2.05) is 0 Å². The monoisotopic (exact) mass is 184 g/mol. The molecular formula is C9H20N4. The number of rotatable bonds is 3. The summed E-state index contributed by atoms with van der Waals surface area (Å²) in [5, 5.41) is 7.23. The molecule has 1 aliphatic rings. The lowest BCUT2D eigenvalue weighted by molar-refractivity contribution is 0.146. The van der Waals surface area contributed by atoms with Gasteiger partial charge >= 0.3 is 0 Å². The summed E-state index contributed by atoms with van der Waals surface area (Å²) in [5.74, 6) is 0.277. The fourth-order valence-corrected chi connectivity index (χ4v) is 1.84. The first-order valence-electron chi connectivity index (χ1n) is 4.81. The Morgan fingerprint density at radius 1 is 1.62 bits per heavy atom. The largest absolute Gasteiger partial charge is 0.387 e. The standard InChI is InChI=1S/C9H20N4/c1-12(2)8-4-3-5-13(6-8)7-9(10)11/h8H,3-7H2,1-2H3,(H3,10,11). The molecule has 0 aromatic carbocycles. The van der Waals surface area contributed by atoms with E-state index in [2.05, 4.69) is 23.9 Å². The molecule has 76 valence electrons. The molecule has 0 amide bonds. The normalized spacial score (nSPS) is 25.0. The van der Waals surface area contributed by atoms with Crippen molar-refractivity contribution >= 4 is 5.84 Å². The molecule has 0 bridgehead atoms. The molecular weight excluding hydrogens is 164 g/mol. The number of piperidine rings is 1. The lowest BCUT2D eigenvalue weighted by Crippen LogP contribution is -2.47. The van der Waals surface area contributed by atoms with Crippen molar-refractivity contribution < 1.29 is 0 Å². The number of amidine groups is 1. The van der Waals surface area contributed by atoms with E-state index in [0.29, 0.717) is 12.6 Å². The second kappa shape index (κ2) is 4.58. The van der Waals surface area contributed by atoms with Crippen LogP contribution >= 0.6 is 0 Å². The van der Waals surface area contributed by atoms with Gasteiger partial charge in [-0.3, -0.25) is 10.3 Å². The van der Waals surface area contributed by atoms with Gasteiger partial charge in [0.05, 0.1) is 6.54 Å². The van der Waals surface area contributed by atoms with Gasteiger partial charge in [0.1, 0.15) is 5.84 Å². The van der Waals surface area contributed by atoms with Gasteiger partial charge in [-0.1, -0.05) is 0 Å². The van der Waals surface area contributed by atoms with Crippen LogP contribution in [-0.4, -0.2) is 55.4 Å². The lowest BCUT2D eigenvalue weighted by atomic mass is 10.1. The molecule has 0 spiro atoms. The first kappa shape index (κ1) is 10.5. The zero-order chi connectivity index (χ0) is 9.84. The Labute approximate surface area is 80.2 Å². The number of nitrogens with zero attached hydrogens (tertiary/aromatic N) is 2. The molecule has 0 aromatic rings. The van der Waals surface area contributed by atoms with Gasteiger partial charge in [-0.05, 0) is 33.5 Å². The molecule has 0 saturated carbocycles. The average Bonchev–Trinajstić information content (AvgIpc) is 2.03. The van der Waals surface area contributed by atoms with E-state index < -0.39 is 0 Å². The van der Waals surface area contributed by atoms with Crippen LogP contribution < -0.4 is 5.73 Å².